The van der Waals surface area contributed by atoms with Crippen LogP contribution < -0.4 is 0 Å². The van der Waals surface area contributed by atoms with E-state index < -0.39 is 0 Å². The Hall–Kier alpha value is -1.06. The molecule has 0 aliphatic heterocycles. The zero-order valence-electron chi connectivity index (χ0n) is 27.2. The molecule has 39 heavy (non-hydrogen) atoms. The summed E-state index contributed by atoms with van der Waals surface area (Å²) >= 11 is 0. The minimum Gasteiger partial charge on any atom is -0.343 e. The zero-order chi connectivity index (χ0) is 28.8. The van der Waals surface area contributed by atoms with Crippen LogP contribution >= 0.6 is 0 Å². The highest BCUT2D eigenvalue weighted by Crippen LogP contribution is 2.14. The van der Waals surface area contributed by atoms with Gasteiger partial charge in [-0.05, 0) is 38.5 Å². The lowest BCUT2D eigenvalue weighted by molar-refractivity contribution is -0.132. The van der Waals surface area contributed by atoms with E-state index in [1.165, 1.54) is 109 Å². The molecule has 0 spiro atoms. The Bertz CT molecular complexity index is 471. The number of hydrogen-bond donors (Lipinski definition) is 0. The van der Waals surface area contributed by atoms with Crippen LogP contribution in [0.4, 0.5) is 0 Å². The quantitative estimate of drug-likeness (QED) is 0.0834. The van der Waals surface area contributed by atoms with E-state index in [9.17, 15) is 9.59 Å². The third kappa shape index (κ3) is 24.5. The molecular formula is C35H70N2O2. The van der Waals surface area contributed by atoms with Crippen molar-refractivity contribution >= 4 is 11.8 Å². The van der Waals surface area contributed by atoms with Crippen LogP contribution in [0.15, 0.2) is 0 Å². The van der Waals surface area contributed by atoms with E-state index in [-0.39, 0.29) is 0 Å². The average Bonchev–Trinajstić information content (AvgIpc) is 2.93. The van der Waals surface area contributed by atoms with Gasteiger partial charge in [-0.3, -0.25) is 9.59 Å². The van der Waals surface area contributed by atoms with Gasteiger partial charge < -0.3 is 9.80 Å². The Labute approximate surface area is 245 Å². The second kappa shape index (κ2) is 29.9. The summed E-state index contributed by atoms with van der Waals surface area (Å²) < 4.78 is 0. The molecule has 4 nitrogen and oxygen atoms in total. The number of unbranched alkanes of at least 4 members (excludes halogenated alkanes) is 18. The van der Waals surface area contributed by atoms with Crippen LogP contribution in [-0.2, 0) is 9.59 Å². The fourth-order valence-electron chi connectivity index (χ4n) is 5.39. The van der Waals surface area contributed by atoms with Crippen molar-refractivity contribution in [3.63, 3.8) is 0 Å². The maximum atomic E-state index is 12.7. The van der Waals surface area contributed by atoms with Crippen molar-refractivity contribution in [1.29, 1.82) is 0 Å². The van der Waals surface area contributed by atoms with E-state index in [0.29, 0.717) is 11.8 Å². The SMILES string of the molecule is CCCCCN(CCCCC)C(=O)CCCCCCCCCCCCCC(=O)N(CCCCC)CCCCC. The van der Waals surface area contributed by atoms with Crippen molar-refractivity contribution in [1.82, 2.24) is 9.80 Å². The molecule has 0 bridgehead atoms. The average molecular weight is 551 g/mol. The van der Waals surface area contributed by atoms with Gasteiger partial charge in [-0.25, -0.2) is 0 Å². The molecule has 0 aromatic heterocycles. The van der Waals surface area contributed by atoms with Crippen molar-refractivity contribution in [3.8, 4) is 0 Å². The molecule has 0 rings (SSSR count). The molecular weight excluding hydrogens is 480 g/mol. The lowest BCUT2D eigenvalue weighted by Gasteiger charge is -2.23. The van der Waals surface area contributed by atoms with Gasteiger partial charge in [0.1, 0.15) is 0 Å². The van der Waals surface area contributed by atoms with Crippen LogP contribution in [0, 0.1) is 0 Å². The Kier molecular flexibility index (Phi) is 29.1. The molecule has 232 valence electrons. The summed E-state index contributed by atoms with van der Waals surface area (Å²) in [7, 11) is 0. The summed E-state index contributed by atoms with van der Waals surface area (Å²) in [5.41, 5.74) is 0. The summed E-state index contributed by atoms with van der Waals surface area (Å²) in [6.45, 7) is 12.8. The van der Waals surface area contributed by atoms with Crippen LogP contribution in [0.2, 0.25) is 0 Å². The Morgan fingerprint density at radius 3 is 0.795 bits per heavy atom. The van der Waals surface area contributed by atoms with Gasteiger partial charge in [0.25, 0.3) is 0 Å². The topological polar surface area (TPSA) is 40.6 Å². The number of carbonyl (C=O) groups is 2. The van der Waals surface area contributed by atoms with Crippen LogP contribution in [0.25, 0.3) is 0 Å². The molecule has 0 atom stereocenters. The summed E-state index contributed by atoms with van der Waals surface area (Å²) in [5, 5.41) is 0. The summed E-state index contributed by atoms with van der Waals surface area (Å²) in [6, 6.07) is 0. The molecule has 0 radical (unpaired) electrons. The van der Waals surface area contributed by atoms with Gasteiger partial charge in [-0.15, -0.1) is 0 Å². The molecule has 0 aliphatic rings. The predicted octanol–water partition coefficient (Wildman–Crippen LogP) is 10.5. The van der Waals surface area contributed by atoms with Gasteiger partial charge in [0.2, 0.25) is 11.8 Å². The number of nitrogens with zero attached hydrogens (tertiary/aromatic N) is 2. The Balaban J connectivity index is 3.77. The lowest BCUT2D eigenvalue weighted by atomic mass is 10.0. The third-order valence-electron chi connectivity index (χ3n) is 8.11. The van der Waals surface area contributed by atoms with E-state index in [1.807, 2.05) is 0 Å². The van der Waals surface area contributed by atoms with E-state index in [2.05, 4.69) is 37.5 Å². The maximum Gasteiger partial charge on any atom is 0.222 e. The molecule has 0 saturated carbocycles. The zero-order valence-corrected chi connectivity index (χ0v) is 27.2. The maximum absolute atomic E-state index is 12.7. The number of carbonyl (C=O) groups excluding carboxylic acids is 2. The van der Waals surface area contributed by atoms with Gasteiger partial charge >= 0.3 is 0 Å². The second-order valence-corrected chi connectivity index (χ2v) is 12.0. The number of rotatable bonds is 30. The predicted molar refractivity (Wildman–Crippen MR) is 171 cm³/mol. The largest absolute Gasteiger partial charge is 0.343 e. The molecule has 4 heteroatoms. The molecule has 0 unspecified atom stereocenters. The number of amides is 2. The molecule has 0 aromatic rings. The van der Waals surface area contributed by atoms with E-state index >= 15 is 0 Å². The van der Waals surface area contributed by atoms with Crippen molar-refractivity contribution in [3.05, 3.63) is 0 Å². The van der Waals surface area contributed by atoms with Gasteiger partial charge in [0.15, 0.2) is 0 Å². The highest BCUT2D eigenvalue weighted by atomic mass is 16.2. The van der Waals surface area contributed by atoms with Crippen LogP contribution in [0.1, 0.15) is 188 Å². The van der Waals surface area contributed by atoms with Crippen molar-refractivity contribution in [2.24, 2.45) is 0 Å². The van der Waals surface area contributed by atoms with E-state index in [0.717, 1.165) is 77.5 Å². The van der Waals surface area contributed by atoms with Gasteiger partial charge in [-0.1, -0.05) is 137 Å². The molecule has 0 saturated heterocycles. The number of hydrogen-bond acceptors (Lipinski definition) is 2. The first-order valence-corrected chi connectivity index (χ1v) is 17.7. The third-order valence-corrected chi connectivity index (χ3v) is 8.11. The fourth-order valence-corrected chi connectivity index (χ4v) is 5.39. The van der Waals surface area contributed by atoms with E-state index in [4.69, 9.17) is 0 Å². The molecule has 2 amide bonds. The molecule has 0 fully saturated rings. The molecule has 0 heterocycles. The summed E-state index contributed by atoms with van der Waals surface area (Å²) in [4.78, 5) is 29.7. The van der Waals surface area contributed by atoms with Crippen molar-refractivity contribution < 1.29 is 9.59 Å². The molecule has 0 aliphatic carbocycles. The van der Waals surface area contributed by atoms with Gasteiger partial charge in [0, 0.05) is 39.0 Å². The fraction of sp³-hybridized carbons (Fsp3) is 0.943. The first-order chi connectivity index (χ1) is 19.1. The highest BCUT2D eigenvalue weighted by Gasteiger charge is 2.13. The monoisotopic (exact) mass is 551 g/mol. The highest BCUT2D eigenvalue weighted by molar-refractivity contribution is 5.76. The molecule has 0 aromatic carbocycles. The normalized spacial score (nSPS) is 11.2. The minimum absolute atomic E-state index is 0.393. The van der Waals surface area contributed by atoms with Gasteiger partial charge in [-0.2, -0.15) is 0 Å². The smallest absolute Gasteiger partial charge is 0.222 e. The Morgan fingerprint density at radius 2 is 0.564 bits per heavy atom. The minimum atomic E-state index is 0.393. The lowest BCUT2D eigenvalue weighted by Crippen LogP contribution is -2.32. The Morgan fingerprint density at radius 1 is 0.333 bits per heavy atom. The second-order valence-electron chi connectivity index (χ2n) is 12.0. The molecule has 0 N–H and O–H groups in total. The van der Waals surface area contributed by atoms with Crippen molar-refractivity contribution in [2.75, 3.05) is 26.2 Å². The van der Waals surface area contributed by atoms with Crippen LogP contribution in [0.3, 0.4) is 0 Å². The standard InChI is InChI=1S/C35H70N2O2/c1-5-9-24-30-36(31-25-10-6-2)34(38)28-22-20-18-16-14-13-15-17-19-21-23-29-35(39)37(32-26-11-7-3)33-27-12-8-4/h5-33H2,1-4H3. The van der Waals surface area contributed by atoms with Crippen LogP contribution in [-0.4, -0.2) is 47.8 Å². The van der Waals surface area contributed by atoms with E-state index in [1.54, 1.807) is 0 Å². The van der Waals surface area contributed by atoms with Crippen LogP contribution in [0.5, 0.6) is 0 Å². The van der Waals surface area contributed by atoms with Crippen molar-refractivity contribution in [2.45, 2.75) is 188 Å². The summed E-state index contributed by atoms with van der Waals surface area (Å²) in [5.74, 6) is 0.786. The first kappa shape index (κ1) is 37.9. The summed E-state index contributed by atoms with van der Waals surface area (Å²) in [6.07, 6.45) is 29.6. The first-order valence-electron chi connectivity index (χ1n) is 17.7. The van der Waals surface area contributed by atoms with Gasteiger partial charge in [0.05, 0.1) is 0 Å².